The fraction of sp³-hybridized carbons (Fsp3) is 0.458. The first-order valence-corrected chi connectivity index (χ1v) is 28.9. The molecule has 4 aromatic rings. The lowest BCUT2D eigenvalue weighted by atomic mass is 9.93. The van der Waals surface area contributed by atoms with Crippen molar-refractivity contribution in [2.75, 3.05) is 20.1 Å². The third-order valence-electron chi connectivity index (χ3n) is 15.1. The van der Waals surface area contributed by atoms with E-state index in [1.165, 1.54) is 11.8 Å². The number of nitrogens with one attached hydrogen (secondary N) is 12. The smallest absolute Gasteiger partial charge is 0.334 e. The van der Waals surface area contributed by atoms with Crippen molar-refractivity contribution in [1.82, 2.24) is 68.2 Å². The molecule has 2 aliphatic heterocycles. The number of urea groups is 1. The summed E-state index contributed by atoms with van der Waals surface area (Å²) in [4.78, 5) is 156. The highest BCUT2D eigenvalue weighted by Crippen LogP contribution is 2.28. The summed E-state index contributed by atoms with van der Waals surface area (Å²) in [6, 6.07) is 10.3. The van der Waals surface area contributed by atoms with Gasteiger partial charge < -0.3 is 79.0 Å². The van der Waals surface area contributed by atoms with Crippen molar-refractivity contribution in [3.63, 3.8) is 0 Å². The van der Waals surface area contributed by atoms with Crippen molar-refractivity contribution in [1.29, 1.82) is 5.41 Å². The van der Waals surface area contributed by atoms with E-state index in [-0.39, 0.29) is 76.5 Å². The summed E-state index contributed by atoms with van der Waals surface area (Å²) in [5.74, 6) is -9.07. The summed E-state index contributed by atoms with van der Waals surface area (Å²) in [7, 11) is 1.54. The SMILES string of the molecule is CNC(=N)NCCC[C@H](NC(=O)[C@H](CC(C)C)NC(=O)NNC(=O)[C@H](Cc1ccccc1)NC(=O)[C@@H](NC(=O)[C@H](CC(N)=O)NC(=O)[C@@H]1C[C@@H](O)CN1C(=O)[C@H]1Cc2ccccc2CN1C(C)=O)[C@@H](C)O)C(=O)N[C@@H](Cc1c[nH]c2ccccc12)C(N)=O. The summed E-state index contributed by atoms with van der Waals surface area (Å²) >= 11 is 0. The number of hydrogen-bond donors (Lipinski definition) is 16. The summed E-state index contributed by atoms with van der Waals surface area (Å²) in [6.45, 7) is 6.02. The molecule has 0 saturated carbocycles. The van der Waals surface area contributed by atoms with Gasteiger partial charge in [0.1, 0.15) is 48.3 Å². The highest BCUT2D eigenvalue weighted by atomic mass is 16.3. The zero-order chi connectivity index (χ0) is 64.4. The van der Waals surface area contributed by atoms with Gasteiger partial charge in [0.2, 0.25) is 53.2 Å². The van der Waals surface area contributed by atoms with Crippen LogP contribution in [0.25, 0.3) is 10.9 Å². The molecule has 6 rings (SSSR count). The van der Waals surface area contributed by atoms with E-state index in [4.69, 9.17) is 16.9 Å². The van der Waals surface area contributed by atoms with E-state index in [1.807, 2.05) is 36.4 Å². The van der Waals surface area contributed by atoms with Crippen molar-refractivity contribution >= 4 is 82.0 Å². The normalized spacial score (nSPS) is 17.7. The van der Waals surface area contributed by atoms with Crippen molar-refractivity contribution in [2.45, 2.75) is 146 Å². The maximum absolute atomic E-state index is 14.2. The molecule has 88 heavy (non-hydrogen) atoms. The lowest BCUT2D eigenvalue weighted by molar-refractivity contribution is -0.149. The summed E-state index contributed by atoms with van der Waals surface area (Å²) < 4.78 is 0. The van der Waals surface area contributed by atoms with Gasteiger partial charge in [-0.25, -0.2) is 10.2 Å². The highest BCUT2D eigenvalue weighted by molar-refractivity contribution is 5.99. The molecule has 18 N–H and O–H groups in total. The number of carbonyl (C=O) groups is 11. The van der Waals surface area contributed by atoms with Gasteiger partial charge in [-0.15, -0.1) is 0 Å². The van der Waals surface area contributed by atoms with E-state index in [0.29, 0.717) is 11.1 Å². The van der Waals surface area contributed by atoms with E-state index >= 15 is 0 Å². The Balaban J connectivity index is 1.12. The lowest BCUT2D eigenvalue weighted by Crippen LogP contribution is -2.62. The Labute approximate surface area is 507 Å². The Morgan fingerprint density at radius 2 is 1.33 bits per heavy atom. The molecule has 12 amide bonds. The van der Waals surface area contributed by atoms with Crippen LogP contribution in [0.15, 0.2) is 85.1 Å². The molecule has 0 unspecified atom stereocenters. The molecule has 0 spiro atoms. The molecule has 0 bridgehead atoms. The zero-order valence-corrected chi connectivity index (χ0v) is 49.6. The largest absolute Gasteiger partial charge is 0.391 e. The van der Waals surface area contributed by atoms with Crippen LogP contribution in [0.3, 0.4) is 0 Å². The number of primary amides is 2. The van der Waals surface area contributed by atoms with Gasteiger partial charge in [-0.05, 0) is 60.4 Å². The van der Waals surface area contributed by atoms with Crippen molar-refractivity contribution < 1.29 is 63.0 Å². The number of benzene rings is 3. The first-order valence-electron chi connectivity index (χ1n) is 28.9. The molecule has 3 aromatic carbocycles. The number of guanidine groups is 1. The highest BCUT2D eigenvalue weighted by Gasteiger charge is 2.45. The number of likely N-dealkylation sites (tertiary alicyclic amines) is 1. The molecule has 10 atom stereocenters. The minimum atomic E-state index is -1.87. The third kappa shape index (κ3) is 18.9. The molecule has 29 nitrogen and oxygen atoms in total. The number of aromatic nitrogens is 1. The van der Waals surface area contributed by atoms with Gasteiger partial charge in [0, 0.05) is 76.4 Å². The third-order valence-corrected chi connectivity index (χ3v) is 15.1. The topological polar surface area (TPSA) is 447 Å². The van der Waals surface area contributed by atoms with Crippen LogP contribution in [-0.4, -0.2) is 177 Å². The number of aromatic amines is 1. The van der Waals surface area contributed by atoms with Crippen LogP contribution in [0.1, 0.15) is 82.1 Å². The number of aliphatic hydroxyl groups excluding tert-OH is 2. The average molecular weight is 1220 g/mol. The standard InChI is InChI=1S/C59H80N16O13/c1-31(2)22-43(52(82)66-41(20-13-21-64-58(62)63-5)51(81)67-42(50(61)80)24-37-28-65-40-19-12-11-18-39(37)40)70-59(88)73-72-54(84)44(23-34-14-7-6-8-15-34)69-56(86)49(32(3)76)71-53(83)45(27-48(60)79)68-55(85)46-26-38(78)30-75(46)57(87)47-25-35-16-9-10-17-36(35)29-74(47)33(4)77/h6-12,14-19,28,31-32,38,41-47,49,65,76,78H,13,20-27,29-30H2,1-5H3,(H2,60,79)(H2,61,80)(H,66,82)(H,67,81)(H,68,85)(H,69,86)(H,71,83)(H,72,84)(H3,62,63,64)(H2,70,73,88)/t32-,38-,41+,42+,43+,44+,45+,46+,47-,49+/m1/s1. The van der Waals surface area contributed by atoms with Crippen LogP contribution >= 0.6 is 0 Å². The molecule has 1 saturated heterocycles. The Hall–Kier alpha value is -9.64. The first kappa shape index (κ1) is 67.5. The van der Waals surface area contributed by atoms with Gasteiger partial charge in [-0.2, -0.15) is 0 Å². The van der Waals surface area contributed by atoms with Crippen molar-refractivity contribution in [3.05, 3.63) is 107 Å². The summed E-state index contributed by atoms with van der Waals surface area (Å²) in [6.07, 6.45) is -2.11. The second-order valence-electron chi connectivity index (χ2n) is 22.3. The molecule has 474 valence electrons. The average Bonchev–Trinajstić information content (AvgIpc) is 3.21. The minimum absolute atomic E-state index is 0.00455. The van der Waals surface area contributed by atoms with Gasteiger partial charge in [-0.3, -0.25) is 58.8 Å². The molecule has 29 heteroatoms. The van der Waals surface area contributed by atoms with Crippen LogP contribution in [0, 0.1) is 11.3 Å². The number of H-pyrrole nitrogens is 1. The van der Waals surface area contributed by atoms with E-state index in [1.54, 1.807) is 69.6 Å². The Bertz CT molecular complexity index is 3190. The minimum Gasteiger partial charge on any atom is -0.391 e. The lowest BCUT2D eigenvalue weighted by Gasteiger charge is -2.38. The summed E-state index contributed by atoms with van der Waals surface area (Å²) in [5.41, 5.74) is 19.3. The maximum atomic E-state index is 14.2. The Morgan fingerprint density at radius 1 is 0.693 bits per heavy atom. The number of rotatable bonds is 27. The van der Waals surface area contributed by atoms with Gasteiger partial charge >= 0.3 is 6.03 Å². The number of fused-ring (bicyclic) bond motifs is 2. The first-order chi connectivity index (χ1) is 41.8. The molecule has 0 aliphatic carbocycles. The van der Waals surface area contributed by atoms with E-state index in [2.05, 4.69) is 58.4 Å². The predicted molar refractivity (Wildman–Crippen MR) is 320 cm³/mol. The number of β-amino-alcohol motifs (C(OH)–C–C–N with tert-alkyl or cyclic N) is 1. The molecule has 1 fully saturated rings. The molecule has 2 aliphatic rings. The second kappa shape index (κ2) is 31.7. The van der Waals surface area contributed by atoms with Crippen LogP contribution < -0.4 is 64.9 Å². The molecule has 3 heterocycles. The van der Waals surface area contributed by atoms with Crippen LogP contribution in [-0.2, 0) is 73.8 Å². The van der Waals surface area contributed by atoms with Gasteiger partial charge in [-0.1, -0.05) is 86.6 Å². The zero-order valence-electron chi connectivity index (χ0n) is 49.6. The van der Waals surface area contributed by atoms with Crippen LogP contribution in [0.2, 0.25) is 0 Å². The quantitative estimate of drug-likeness (QED) is 0.0125. The number of para-hydroxylation sites is 1. The van der Waals surface area contributed by atoms with Gasteiger partial charge in [0.15, 0.2) is 5.96 Å². The number of carbonyl (C=O) groups excluding carboxylic acids is 11. The fourth-order valence-electron chi connectivity index (χ4n) is 10.5. The van der Waals surface area contributed by atoms with Crippen molar-refractivity contribution in [2.24, 2.45) is 17.4 Å². The number of nitrogens with zero attached hydrogens (tertiary/aromatic N) is 2. The number of nitrogens with two attached hydrogens (primary N) is 2. The van der Waals surface area contributed by atoms with E-state index in [0.717, 1.165) is 33.9 Å². The molecular weight excluding hydrogens is 1140 g/mol. The van der Waals surface area contributed by atoms with E-state index in [9.17, 15) is 63.0 Å². The maximum Gasteiger partial charge on any atom is 0.334 e. The number of hydrazine groups is 1. The summed E-state index contributed by atoms with van der Waals surface area (Å²) in [5, 5.41) is 50.9. The van der Waals surface area contributed by atoms with Gasteiger partial charge in [0.25, 0.3) is 5.91 Å². The van der Waals surface area contributed by atoms with Crippen LogP contribution in [0.4, 0.5) is 4.79 Å². The monoisotopic (exact) mass is 1220 g/mol. The van der Waals surface area contributed by atoms with Crippen LogP contribution in [0.5, 0.6) is 0 Å². The van der Waals surface area contributed by atoms with Gasteiger partial charge in [0.05, 0.1) is 18.6 Å². The fourth-order valence-corrected chi connectivity index (χ4v) is 10.5. The number of aliphatic hydroxyl groups is 2. The Kier molecular flexibility index (Phi) is 24.3. The van der Waals surface area contributed by atoms with E-state index < -0.39 is 132 Å². The Morgan fingerprint density at radius 3 is 1.99 bits per heavy atom. The number of hydrogen-bond acceptors (Lipinski definition) is 14. The molecule has 0 radical (unpaired) electrons. The predicted octanol–water partition coefficient (Wildman–Crippen LogP) is -2.68. The van der Waals surface area contributed by atoms with Crippen molar-refractivity contribution in [3.8, 4) is 0 Å². The second-order valence-corrected chi connectivity index (χ2v) is 22.3. The number of amides is 12. The molecule has 1 aromatic heterocycles. The molecular formula is C59H80N16O13.